The molecule has 0 spiro atoms. The van der Waals surface area contributed by atoms with Gasteiger partial charge in [0.05, 0.1) is 0 Å². The van der Waals surface area contributed by atoms with Crippen molar-refractivity contribution in [1.82, 2.24) is 9.88 Å². The number of anilines is 1. The summed E-state index contributed by atoms with van der Waals surface area (Å²) in [5.41, 5.74) is 3.05. The molecule has 1 saturated carbocycles. The third-order valence-electron chi connectivity index (χ3n) is 4.77. The minimum Gasteiger partial charge on any atom is -0.378 e. The van der Waals surface area contributed by atoms with Gasteiger partial charge in [-0.3, -0.25) is 4.79 Å². The van der Waals surface area contributed by atoms with Gasteiger partial charge in [-0.2, -0.15) is 5.26 Å². The maximum absolute atomic E-state index is 12.4. The summed E-state index contributed by atoms with van der Waals surface area (Å²) in [5, 5.41) is 12.4. The minimum absolute atomic E-state index is 0.141. The van der Waals surface area contributed by atoms with E-state index in [0.717, 1.165) is 42.8 Å². The number of hydrogen-bond acceptors (Lipinski definition) is 3. The van der Waals surface area contributed by atoms with E-state index >= 15 is 0 Å². The number of benzene rings is 1. The number of nitrogens with one attached hydrogen (secondary N) is 1. The number of nitriles is 1. The fraction of sp³-hybridized carbons (Fsp3) is 0.333. The number of amides is 1. The highest BCUT2D eigenvalue weighted by molar-refractivity contribution is 6.01. The largest absolute Gasteiger partial charge is 0.378 e. The van der Waals surface area contributed by atoms with Crippen LogP contribution in [0.15, 0.2) is 48.2 Å². The Kier molecular flexibility index (Phi) is 5.43. The number of nitrogens with zero attached hydrogens (tertiary/aromatic N) is 3. The first-order valence-electron chi connectivity index (χ1n) is 8.96. The summed E-state index contributed by atoms with van der Waals surface area (Å²) in [7, 11) is 4.00. The topological polar surface area (TPSA) is 61.1 Å². The van der Waals surface area contributed by atoms with Gasteiger partial charge in [-0.05, 0) is 55.3 Å². The highest BCUT2D eigenvalue weighted by Gasteiger charge is 2.19. The Labute approximate surface area is 154 Å². The second kappa shape index (κ2) is 7.92. The summed E-state index contributed by atoms with van der Waals surface area (Å²) in [5.74, 6) is -0.282. The molecule has 1 N–H and O–H groups in total. The lowest BCUT2D eigenvalue weighted by molar-refractivity contribution is -0.117. The van der Waals surface area contributed by atoms with Crippen molar-refractivity contribution in [3.63, 3.8) is 0 Å². The first-order valence-corrected chi connectivity index (χ1v) is 8.96. The highest BCUT2D eigenvalue weighted by atomic mass is 16.1. The highest BCUT2D eigenvalue weighted by Crippen LogP contribution is 2.20. The molecule has 0 radical (unpaired) electrons. The summed E-state index contributed by atoms with van der Waals surface area (Å²) in [6.07, 6.45) is 7.87. The Balaban J connectivity index is 1.83. The molecule has 1 fully saturated rings. The fourth-order valence-corrected chi connectivity index (χ4v) is 3.29. The van der Waals surface area contributed by atoms with Gasteiger partial charge in [0.25, 0.3) is 5.91 Å². The third kappa shape index (κ3) is 3.97. The zero-order valence-corrected chi connectivity index (χ0v) is 15.3. The summed E-state index contributed by atoms with van der Waals surface area (Å²) < 4.78 is 1.97. The van der Waals surface area contributed by atoms with Crippen molar-refractivity contribution in [3.05, 3.63) is 53.9 Å². The number of carbonyl (C=O) groups excluding carboxylic acids is 1. The van der Waals surface area contributed by atoms with E-state index in [9.17, 15) is 10.1 Å². The van der Waals surface area contributed by atoms with E-state index in [1.165, 1.54) is 0 Å². The fourth-order valence-electron chi connectivity index (χ4n) is 3.29. The normalized spacial score (nSPS) is 14.9. The summed E-state index contributed by atoms with van der Waals surface area (Å²) in [6, 6.07) is 14.2. The minimum atomic E-state index is -0.282. The van der Waals surface area contributed by atoms with E-state index in [4.69, 9.17) is 0 Å². The third-order valence-corrected chi connectivity index (χ3v) is 4.77. The van der Waals surface area contributed by atoms with Gasteiger partial charge >= 0.3 is 0 Å². The van der Waals surface area contributed by atoms with Gasteiger partial charge in [0.2, 0.25) is 0 Å². The van der Waals surface area contributed by atoms with Crippen molar-refractivity contribution in [2.24, 2.45) is 0 Å². The number of rotatable bonds is 5. The summed E-state index contributed by atoms with van der Waals surface area (Å²) in [4.78, 5) is 14.5. The van der Waals surface area contributed by atoms with Crippen molar-refractivity contribution >= 4 is 17.7 Å². The van der Waals surface area contributed by atoms with E-state index < -0.39 is 0 Å². The molecule has 3 rings (SSSR count). The molecule has 1 amide bonds. The molecular formula is C21H24N4O. The predicted octanol–water partition coefficient (Wildman–Crippen LogP) is 3.51. The van der Waals surface area contributed by atoms with Gasteiger partial charge in [0.1, 0.15) is 11.6 Å². The molecule has 26 heavy (non-hydrogen) atoms. The zero-order valence-electron chi connectivity index (χ0n) is 15.3. The van der Waals surface area contributed by atoms with E-state index in [2.05, 4.69) is 5.32 Å². The van der Waals surface area contributed by atoms with Crippen LogP contribution in [0.25, 0.3) is 11.8 Å². The quantitative estimate of drug-likeness (QED) is 0.664. The summed E-state index contributed by atoms with van der Waals surface area (Å²) >= 11 is 0. The molecule has 1 heterocycles. The molecule has 5 nitrogen and oxygen atoms in total. The Hall–Kier alpha value is -3.00. The second-order valence-corrected chi connectivity index (χ2v) is 6.84. The van der Waals surface area contributed by atoms with E-state index in [0.29, 0.717) is 0 Å². The molecule has 0 bridgehead atoms. The molecule has 1 aliphatic rings. The van der Waals surface area contributed by atoms with Crippen molar-refractivity contribution in [3.8, 4) is 11.8 Å². The van der Waals surface area contributed by atoms with Crippen LogP contribution < -0.4 is 10.2 Å². The Morgan fingerprint density at radius 2 is 1.92 bits per heavy atom. The predicted molar refractivity (Wildman–Crippen MR) is 104 cm³/mol. The number of hydrogen-bond donors (Lipinski definition) is 1. The van der Waals surface area contributed by atoms with Crippen LogP contribution >= 0.6 is 0 Å². The lowest BCUT2D eigenvalue weighted by Crippen LogP contribution is -2.33. The van der Waals surface area contributed by atoms with Crippen molar-refractivity contribution in [2.75, 3.05) is 19.0 Å². The number of aromatic nitrogens is 1. The van der Waals surface area contributed by atoms with Crippen LogP contribution in [0.4, 0.5) is 5.69 Å². The van der Waals surface area contributed by atoms with Crippen LogP contribution in [0.1, 0.15) is 31.4 Å². The first kappa shape index (κ1) is 17.8. The van der Waals surface area contributed by atoms with Gasteiger partial charge < -0.3 is 14.8 Å². The zero-order chi connectivity index (χ0) is 18.5. The molecule has 5 heteroatoms. The molecule has 0 atom stereocenters. The van der Waals surface area contributed by atoms with E-state index in [1.54, 1.807) is 6.08 Å². The Bertz CT molecular complexity index is 834. The van der Waals surface area contributed by atoms with Crippen LogP contribution in [0.2, 0.25) is 0 Å². The molecule has 1 aliphatic carbocycles. The van der Waals surface area contributed by atoms with Gasteiger partial charge in [-0.25, -0.2) is 0 Å². The molecular weight excluding hydrogens is 324 g/mol. The van der Waals surface area contributed by atoms with Crippen molar-refractivity contribution < 1.29 is 4.79 Å². The number of carbonyl (C=O) groups is 1. The smallest absolute Gasteiger partial charge is 0.262 e. The van der Waals surface area contributed by atoms with Gasteiger partial charge in [-0.15, -0.1) is 0 Å². The molecule has 1 aromatic heterocycles. The Morgan fingerprint density at radius 3 is 2.54 bits per heavy atom. The molecule has 0 saturated heterocycles. The van der Waals surface area contributed by atoms with Gasteiger partial charge in [0, 0.05) is 43.4 Å². The maximum Gasteiger partial charge on any atom is 0.262 e. The van der Waals surface area contributed by atoms with Crippen LogP contribution in [-0.4, -0.2) is 30.6 Å². The van der Waals surface area contributed by atoms with Gasteiger partial charge in [-0.1, -0.05) is 12.8 Å². The van der Waals surface area contributed by atoms with Crippen molar-refractivity contribution in [2.45, 2.75) is 31.7 Å². The van der Waals surface area contributed by atoms with E-state index in [1.807, 2.05) is 72.2 Å². The van der Waals surface area contributed by atoms with Crippen LogP contribution in [0.3, 0.4) is 0 Å². The SMILES string of the molecule is CN(C)c1ccc(-n2cccc2/C=C(/C#N)C(=O)NC2CCCC2)cc1. The van der Waals surface area contributed by atoms with Gasteiger partial charge in [0.15, 0.2) is 0 Å². The monoisotopic (exact) mass is 348 g/mol. The maximum atomic E-state index is 12.4. The molecule has 1 aromatic carbocycles. The van der Waals surface area contributed by atoms with Crippen LogP contribution in [0.5, 0.6) is 0 Å². The molecule has 0 unspecified atom stereocenters. The first-order chi connectivity index (χ1) is 12.6. The van der Waals surface area contributed by atoms with E-state index in [-0.39, 0.29) is 17.5 Å². The standard InChI is InChI=1S/C21H24N4O/c1-24(2)18-9-11-19(12-10-18)25-13-5-8-20(25)14-16(15-22)21(26)23-17-6-3-4-7-17/h5,8-14,17H,3-4,6-7H2,1-2H3,(H,23,26)/b16-14-. The van der Waals surface area contributed by atoms with Crippen LogP contribution in [-0.2, 0) is 4.79 Å². The second-order valence-electron chi connectivity index (χ2n) is 6.84. The molecule has 134 valence electrons. The van der Waals surface area contributed by atoms with Crippen LogP contribution in [0, 0.1) is 11.3 Å². The summed E-state index contributed by atoms with van der Waals surface area (Å²) in [6.45, 7) is 0. The Morgan fingerprint density at radius 1 is 1.23 bits per heavy atom. The van der Waals surface area contributed by atoms with Crippen molar-refractivity contribution in [1.29, 1.82) is 5.26 Å². The lowest BCUT2D eigenvalue weighted by atomic mass is 10.2. The molecule has 0 aliphatic heterocycles. The average molecular weight is 348 g/mol. The average Bonchev–Trinajstić information content (AvgIpc) is 3.31. The lowest BCUT2D eigenvalue weighted by Gasteiger charge is -2.14. The molecule has 2 aromatic rings.